The minimum Gasteiger partial charge on any atom is -0.473 e. The van der Waals surface area contributed by atoms with Gasteiger partial charge in [-0.1, -0.05) is 66.7 Å². The van der Waals surface area contributed by atoms with Gasteiger partial charge in [-0.05, 0) is 48.1 Å². The summed E-state index contributed by atoms with van der Waals surface area (Å²) in [5.74, 6) is 1.28. The van der Waals surface area contributed by atoms with Gasteiger partial charge in [0.2, 0.25) is 11.8 Å². The predicted octanol–water partition coefficient (Wildman–Crippen LogP) is 6.11. The van der Waals surface area contributed by atoms with Crippen LogP contribution in [0.3, 0.4) is 0 Å². The maximum atomic E-state index is 14.0. The highest BCUT2D eigenvalue weighted by atomic mass is 16.7. The number of imidazole rings is 1. The maximum Gasteiger partial charge on any atom is 0.333 e. The van der Waals surface area contributed by atoms with E-state index < -0.39 is 0 Å². The normalized spacial score (nSPS) is 13.9. The standard InChI is InChI=1S/C36H40N4O5/c1-38-34-29(39-21-19-26(20-22-39)23-33(42-2)43-3)15-10-16-30(34)40(36(38)41)31-17-18-32(44-24-27-11-6-4-7-12-27)37-35(31)45-25-28-13-8-5-9-14-28/h4-18,26,33H,19-25H2,1-3H3. The second kappa shape index (κ2) is 14.0. The number of methoxy groups -OCH3 is 2. The molecule has 45 heavy (non-hydrogen) atoms. The molecule has 234 valence electrons. The molecule has 5 aromatic rings. The fourth-order valence-electron chi connectivity index (χ4n) is 6.08. The fourth-order valence-corrected chi connectivity index (χ4v) is 6.08. The van der Waals surface area contributed by atoms with Crippen LogP contribution in [0.1, 0.15) is 30.4 Å². The third-order valence-corrected chi connectivity index (χ3v) is 8.56. The number of piperidine rings is 1. The van der Waals surface area contributed by atoms with Crippen molar-refractivity contribution in [3.63, 3.8) is 0 Å². The summed E-state index contributed by atoms with van der Waals surface area (Å²) in [6, 6.07) is 29.6. The number of hydrogen-bond donors (Lipinski definition) is 0. The molecule has 0 radical (unpaired) electrons. The second-order valence-electron chi connectivity index (χ2n) is 11.4. The summed E-state index contributed by atoms with van der Waals surface area (Å²) >= 11 is 0. The third-order valence-electron chi connectivity index (χ3n) is 8.56. The zero-order chi connectivity index (χ0) is 31.2. The number of para-hydroxylation sites is 1. The lowest BCUT2D eigenvalue weighted by atomic mass is 9.93. The Morgan fingerprint density at radius 2 is 1.42 bits per heavy atom. The van der Waals surface area contributed by atoms with Crippen molar-refractivity contribution < 1.29 is 18.9 Å². The van der Waals surface area contributed by atoms with E-state index in [9.17, 15) is 4.79 Å². The second-order valence-corrected chi connectivity index (χ2v) is 11.4. The quantitative estimate of drug-likeness (QED) is 0.158. The number of aromatic nitrogens is 3. The molecule has 3 heterocycles. The summed E-state index contributed by atoms with van der Waals surface area (Å²) in [5, 5.41) is 0. The minimum absolute atomic E-state index is 0.167. The van der Waals surface area contributed by atoms with Crippen LogP contribution in [0.5, 0.6) is 11.8 Å². The summed E-state index contributed by atoms with van der Waals surface area (Å²) in [6.45, 7) is 2.46. The Bertz CT molecular complexity index is 1760. The van der Waals surface area contributed by atoms with Crippen molar-refractivity contribution >= 4 is 16.7 Å². The first-order valence-electron chi connectivity index (χ1n) is 15.4. The van der Waals surface area contributed by atoms with E-state index in [0.29, 0.717) is 36.6 Å². The van der Waals surface area contributed by atoms with E-state index in [1.165, 1.54) is 0 Å². The molecule has 0 spiro atoms. The molecule has 0 aliphatic carbocycles. The smallest absolute Gasteiger partial charge is 0.333 e. The fraction of sp³-hybridized carbons (Fsp3) is 0.333. The van der Waals surface area contributed by atoms with E-state index >= 15 is 0 Å². The van der Waals surface area contributed by atoms with Crippen LogP contribution < -0.4 is 20.1 Å². The molecule has 9 heteroatoms. The Labute approximate surface area is 263 Å². The van der Waals surface area contributed by atoms with Crippen LogP contribution in [0.25, 0.3) is 16.7 Å². The van der Waals surface area contributed by atoms with Crippen molar-refractivity contribution in [3.05, 3.63) is 113 Å². The molecular formula is C36H40N4O5. The first kappa shape index (κ1) is 30.4. The Balaban J connectivity index is 1.32. The number of anilines is 1. The molecule has 1 saturated heterocycles. The molecule has 0 atom stereocenters. The molecule has 6 rings (SSSR count). The van der Waals surface area contributed by atoms with Gasteiger partial charge in [0.1, 0.15) is 18.9 Å². The topological polar surface area (TPSA) is 80.0 Å². The van der Waals surface area contributed by atoms with Crippen molar-refractivity contribution in [2.24, 2.45) is 13.0 Å². The molecule has 0 unspecified atom stereocenters. The number of benzene rings is 3. The van der Waals surface area contributed by atoms with Gasteiger partial charge in [-0.15, -0.1) is 0 Å². The van der Waals surface area contributed by atoms with Crippen molar-refractivity contribution in [2.45, 2.75) is 38.8 Å². The maximum absolute atomic E-state index is 14.0. The van der Waals surface area contributed by atoms with E-state index in [4.69, 9.17) is 23.9 Å². The number of hydrogen-bond acceptors (Lipinski definition) is 7. The van der Waals surface area contributed by atoms with Crippen molar-refractivity contribution in [2.75, 3.05) is 32.2 Å². The molecule has 2 aromatic heterocycles. The third kappa shape index (κ3) is 6.74. The van der Waals surface area contributed by atoms with Gasteiger partial charge in [-0.2, -0.15) is 4.98 Å². The number of ether oxygens (including phenoxy) is 4. The van der Waals surface area contributed by atoms with Gasteiger partial charge in [0.25, 0.3) is 0 Å². The van der Waals surface area contributed by atoms with Gasteiger partial charge >= 0.3 is 5.69 Å². The Kier molecular flexibility index (Phi) is 9.47. The Morgan fingerprint density at radius 1 is 0.778 bits per heavy atom. The van der Waals surface area contributed by atoms with Gasteiger partial charge < -0.3 is 23.8 Å². The van der Waals surface area contributed by atoms with Crippen molar-refractivity contribution in [3.8, 4) is 17.4 Å². The van der Waals surface area contributed by atoms with Gasteiger partial charge in [0.15, 0.2) is 6.29 Å². The molecule has 1 fully saturated rings. The van der Waals surface area contributed by atoms with E-state index in [0.717, 1.165) is 60.2 Å². The van der Waals surface area contributed by atoms with E-state index in [1.807, 2.05) is 85.9 Å². The lowest BCUT2D eigenvalue weighted by Crippen LogP contribution is -2.35. The Morgan fingerprint density at radius 3 is 2.07 bits per heavy atom. The molecule has 3 aromatic carbocycles. The first-order valence-corrected chi connectivity index (χ1v) is 15.4. The molecule has 0 saturated carbocycles. The molecule has 1 aliphatic rings. The van der Waals surface area contributed by atoms with Crippen molar-refractivity contribution in [1.29, 1.82) is 0 Å². The first-order chi connectivity index (χ1) is 22.1. The van der Waals surface area contributed by atoms with Crippen LogP contribution in [0.15, 0.2) is 95.8 Å². The molecule has 0 amide bonds. The highest BCUT2D eigenvalue weighted by Crippen LogP contribution is 2.34. The van der Waals surface area contributed by atoms with E-state index in [2.05, 4.69) is 11.0 Å². The highest BCUT2D eigenvalue weighted by molar-refractivity contribution is 5.91. The van der Waals surface area contributed by atoms with Crippen LogP contribution in [0, 0.1) is 5.92 Å². The summed E-state index contributed by atoms with van der Waals surface area (Å²) in [7, 11) is 5.21. The molecule has 1 aliphatic heterocycles. The number of pyridine rings is 1. The molecule has 9 nitrogen and oxygen atoms in total. The van der Waals surface area contributed by atoms with Crippen LogP contribution in [-0.2, 0) is 29.7 Å². The summed E-state index contributed by atoms with van der Waals surface area (Å²) < 4.78 is 26.6. The lowest BCUT2D eigenvalue weighted by molar-refractivity contribution is -0.115. The monoisotopic (exact) mass is 608 g/mol. The van der Waals surface area contributed by atoms with Crippen molar-refractivity contribution in [1.82, 2.24) is 14.1 Å². The van der Waals surface area contributed by atoms with Crippen LogP contribution in [-0.4, -0.2) is 47.7 Å². The number of rotatable bonds is 12. The zero-order valence-corrected chi connectivity index (χ0v) is 26.1. The Hall–Kier alpha value is -4.60. The average Bonchev–Trinajstić information content (AvgIpc) is 3.35. The van der Waals surface area contributed by atoms with Gasteiger partial charge in [-0.25, -0.2) is 4.79 Å². The van der Waals surface area contributed by atoms with Crippen LogP contribution in [0.4, 0.5) is 5.69 Å². The molecular weight excluding hydrogens is 568 g/mol. The number of fused-ring (bicyclic) bond motifs is 1. The summed E-state index contributed by atoms with van der Waals surface area (Å²) in [4.78, 5) is 21.1. The minimum atomic E-state index is -0.179. The van der Waals surface area contributed by atoms with Crippen LogP contribution >= 0.6 is 0 Å². The van der Waals surface area contributed by atoms with E-state index in [-0.39, 0.29) is 12.0 Å². The number of nitrogens with zero attached hydrogens (tertiary/aromatic N) is 4. The molecule has 0 N–H and O–H groups in total. The molecule has 0 bridgehead atoms. The van der Waals surface area contributed by atoms with E-state index in [1.54, 1.807) is 29.4 Å². The largest absolute Gasteiger partial charge is 0.473 e. The predicted molar refractivity (Wildman–Crippen MR) is 175 cm³/mol. The zero-order valence-electron chi connectivity index (χ0n) is 26.1. The van der Waals surface area contributed by atoms with Gasteiger partial charge in [0, 0.05) is 46.8 Å². The van der Waals surface area contributed by atoms with Gasteiger partial charge in [0.05, 0.1) is 16.7 Å². The lowest BCUT2D eigenvalue weighted by Gasteiger charge is -2.35. The number of aryl methyl sites for hydroxylation is 1. The summed E-state index contributed by atoms with van der Waals surface area (Å²) in [5.41, 5.74) is 5.15. The summed E-state index contributed by atoms with van der Waals surface area (Å²) in [6.07, 6.45) is 2.76. The SMILES string of the molecule is COC(CC1CCN(c2cccc3c2n(C)c(=O)n3-c2ccc(OCc3ccccc3)nc2OCc2ccccc2)CC1)OC. The van der Waals surface area contributed by atoms with Gasteiger partial charge in [-0.3, -0.25) is 9.13 Å². The average molecular weight is 609 g/mol. The van der Waals surface area contributed by atoms with Crippen LogP contribution in [0.2, 0.25) is 0 Å². The highest BCUT2D eigenvalue weighted by Gasteiger charge is 2.26.